The second-order valence-electron chi connectivity index (χ2n) is 8.11. The van der Waals surface area contributed by atoms with Gasteiger partial charge in [0.1, 0.15) is 11.6 Å². The number of aryl methyl sites for hydroxylation is 2. The number of likely N-dealkylation sites (tertiary alicyclic amines) is 1. The Morgan fingerprint density at radius 2 is 1.85 bits per heavy atom. The summed E-state index contributed by atoms with van der Waals surface area (Å²) in [7, 11) is 2.12. The SMILES string of the molecule is Cc1ccc(CC(=O)N2CCC(c3nnc4n3CCN(C)C4)CC2)cc1C. The van der Waals surface area contributed by atoms with Crippen LogP contribution >= 0.6 is 0 Å². The minimum absolute atomic E-state index is 0.238. The van der Waals surface area contributed by atoms with E-state index in [0.717, 1.165) is 62.8 Å². The molecular weight excluding hydrogens is 338 g/mol. The lowest BCUT2D eigenvalue weighted by atomic mass is 9.95. The van der Waals surface area contributed by atoms with Gasteiger partial charge in [-0.05, 0) is 50.4 Å². The highest BCUT2D eigenvalue weighted by molar-refractivity contribution is 5.79. The Hall–Kier alpha value is -2.21. The van der Waals surface area contributed by atoms with Crippen molar-refractivity contribution < 1.29 is 4.79 Å². The first-order valence-electron chi connectivity index (χ1n) is 9.95. The number of amides is 1. The first-order valence-corrected chi connectivity index (χ1v) is 9.95. The average molecular weight is 367 g/mol. The summed E-state index contributed by atoms with van der Waals surface area (Å²) in [6, 6.07) is 6.32. The van der Waals surface area contributed by atoms with Crippen LogP contribution in [0.1, 0.15) is 47.1 Å². The van der Waals surface area contributed by atoms with Crippen molar-refractivity contribution in [1.29, 1.82) is 0 Å². The predicted molar refractivity (Wildman–Crippen MR) is 105 cm³/mol. The minimum atomic E-state index is 0.238. The summed E-state index contributed by atoms with van der Waals surface area (Å²) in [6.07, 6.45) is 2.46. The van der Waals surface area contributed by atoms with Crippen LogP contribution in [0.4, 0.5) is 0 Å². The third-order valence-electron chi connectivity index (χ3n) is 6.11. The van der Waals surface area contributed by atoms with Crippen LogP contribution in [0, 0.1) is 13.8 Å². The number of hydrogen-bond donors (Lipinski definition) is 0. The molecular formula is C21H29N5O. The molecule has 2 aliphatic heterocycles. The van der Waals surface area contributed by atoms with Crippen LogP contribution in [0.2, 0.25) is 0 Å². The van der Waals surface area contributed by atoms with E-state index in [1.54, 1.807) is 0 Å². The van der Waals surface area contributed by atoms with Gasteiger partial charge in [-0.15, -0.1) is 10.2 Å². The fraction of sp³-hybridized carbons (Fsp3) is 0.571. The molecule has 0 spiro atoms. The lowest BCUT2D eigenvalue weighted by molar-refractivity contribution is -0.131. The van der Waals surface area contributed by atoms with Gasteiger partial charge >= 0.3 is 0 Å². The Labute approximate surface area is 161 Å². The van der Waals surface area contributed by atoms with Gasteiger partial charge in [0.2, 0.25) is 5.91 Å². The van der Waals surface area contributed by atoms with Gasteiger partial charge < -0.3 is 9.47 Å². The summed E-state index contributed by atoms with van der Waals surface area (Å²) in [5.74, 6) is 2.85. The third kappa shape index (κ3) is 3.76. The molecule has 27 heavy (non-hydrogen) atoms. The maximum atomic E-state index is 12.7. The average Bonchev–Trinajstić information content (AvgIpc) is 3.08. The van der Waals surface area contributed by atoms with Gasteiger partial charge in [0, 0.05) is 32.1 Å². The van der Waals surface area contributed by atoms with Gasteiger partial charge in [-0.2, -0.15) is 0 Å². The normalized spacial score (nSPS) is 18.6. The zero-order valence-corrected chi connectivity index (χ0v) is 16.6. The van der Waals surface area contributed by atoms with E-state index in [-0.39, 0.29) is 5.91 Å². The van der Waals surface area contributed by atoms with Crippen LogP contribution in [0.3, 0.4) is 0 Å². The van der Waals surface area contributed by atoms with E-state index in [9.17, 15) is 4.79 Å². The molecule has 0 saturated carbocycles. The maximum absolute atomic E-state index is 12.7. The Morgan fingerprint density at radius 1 is 1.07 bits per heavy atom. The standard InChI is InChI=1S/C21H29N5O/c1-15-4-5-17(12-16(15)2)13-20(27)25-8-6-18(7-9-25)21-23-22-19-14-24(3)10-11-26(19)21/h4-5,12,18H,6-11,13-14H2,1-3H3. The maximum Gasteiger partial charge on any atom is 0.226 e. The summed E-state index contributed by atoms with van der Waals surface area (Å²) in [5.41, 5.74) is 3.64. The molecule has 6 nitrogen and oxygen atoms in total. The van der Waals surface area contributed by atoms with Crippen molar-refractivity contribution >= 4 is 5.91 Å². The first-order chi connectivity index (χ1) is 13.0. The number of rotatable bonds is 3. The highest BCUT2D eigenvalue weighted by atomic mass is 16.2. The van der Waals surface area contributed by atoms with E-state index in [1.807, 2.05) is 4.90 Å². The van der Waals surface area contributed by atoms with Gasteiger partial charge in [-0.3, -0.25) is 9.69 Å². The molecule has 6 heteroatoms. The molecule has 0 bridgehead atoms. The number of piperidine rings is 1. The fourth-order valence-corrected chi connectivity index (χ4v) is 4.19. The molecule has 4 rings (SSSR count). The van der Waals surface area contributed by atoms with Crippen molar-refractivity contribution in [2.75, 3.05) is 26.7 Å². The predicted octanol–water partition coefficient (Wildman–Crippen LogP) is 2.29. The number of benzene rings is 1. The molecule has 0 N–H and O–H groups in total. The number of fused-ring (bicyclic) bond motifs is 1. The molecule has 2 aliphatic rings. The van der Waals surface area contributed by atoms with Gasteiger partial charge in [0.15, 0.2) is 0 Å². The number of nitrogens with zero attached hydrogens (tertiary/aromatic N) is 5. The molecule has 1 amide bonds. The Kier molecular flexibility index (Phi) is 5.00. The summed E-state index contributed by atoms with van der Waals surface area (Å²) in [4.78, 5) is 17.0. The number of likely N-dealkylation sites (N-methyl/N-ethyl adjacent to an activating group) is 1. The molecule has 3 heterocycles. The van der Waals surface area contributed by atoms with Crippen molar-refractivity contribution in [2.45, 2.75) is 52.1 Å². The Bertz CT molecular complexity index is 835. The smallest absolute Gasteiger partial charge is 0.226 e. The number of carbonyl (C=O) groups is 1. The molecule has 144 valence electrons. The van der Waals surface area contributed by atoms with Crippen molar-refractivity contribution in [1.82, 2.24) is 24.6 Å². The van der Waals surface area contributed by atoms with Gasteiger partial charge in [-0.25, -0.2) is 0 Å². The molecule has 1 fully saturated rings. The van der Waals surface area contributed by atoms with E-state index >= 15 is 0 Å². The van der Waals surface area contributed by atoms with E-state index in [4.69, 9.17) is 0 Å². The van der Waals surface area contributed by atoms with Crippen molar-refractivity contribution in [3.63, 3.8) is 0 Å². The van der Waals surface area contributed by atoms with Crippen molar-refractivity contribution in [3.05, 3.63) is 46.5 Å². The van der Waals surface area contributed by atoms with Gasteiger partial charge in [0.05, 0.1) is 13.0 Å². The molecule has 0 aliphatic carbocycles. The summed E-state index contributed by atoms with van der Waals surface area (Å²) >= 11 is 0. The summed E-state index contributed by atoms with van der Waals surface area (Å²) in [5, 5.41) is 8.89. The van der Waals surface area contributed by atoms with Crippen LogP contribution in [-0.4, -0.2) is 57.2 Å². The molecule has 1 aromatic heterocycles. The van der Waals surface area contributed by atoms with Crippen molar-refractivity contribution in [2.24, 2.45) is 0 Å². The van der Waals surface area contributed by atoms with Crippen LogP contribution in [0.25, 0.3) is 0 Å². The topological polar surface area (TPSA) is 54.3 Å². The Balaban J connectivity index is 1.36. The van der Waals surface area contributed by atoms with Crippen LogP contribution in [0.5, 0.6) is 0 Å². The zero-order chi connectivity index (χ0) is 19.0. The molecule has 0 unspecified atom stereocenters. The number of hydrogen-bond acceptors (Lipinski definition) is 4. The van der Waals surface area contributed by atoms with E-state index in [2.05, 4.69) is 58.8 Å². The van der Waals surface area contributed by atoms with Crippen LogP contribution < -0.4 is 0 Å². The molecule has 1 saturated heterocycles. The second-order valence-corrected chi connectivity index (χ2v) is 8.11. The first kappa shape index (κ1) is 18.2. The molecule has 2 aromatic rings. The van der Waals surface area contributed by atoms with Crippen LogP contribution in [0.15, 0.2) is 18.2 Å². The second kappa shape index (κ2) is 7.43. The number of carbonyl (C=O) groups excluding carboxylic acids is 1. The summed E-state index contributed by atoms with van der Waals surface area (Å²) < 4.78 is 2.30. The largest absolute Gasteiger partial charge is 0.342 e. The quantitative estimate of drug-likeness (QED) is 0.835. The lowest BCUT2D eigenvalue weighted by Gasteiger charge is -2.32. The monoisotopic (exact) mass is 367 g/mol. The number of aromatic nitrogens is 3. The molecule has 0 atom stereocenters. The molecule has 1 aromatic carbocycles. The van der Waals surface area contributed by atoms with Crippen molar-refractivity contribution in [3.8, 4) is 0 Å². The zero-order valence-electron chi connectivity index (χ0n) is 16.6. The highest BCUT2D eigenvalue weighted by Gasteiger charge is 2.29. The van der Waals surface area contributed by atoms with E-state index < -0.39 is 0 Å². The van der Waals surface area contributed by atoms with Gasteiger partial charge in [-0.1, -0.05) is 18.2 Å². The van der Waals surface area contributed by atoms with E-state index in [1.165, 1.54) is 11.1 Å². The van der Waals surface area contributed by atoms with Crippen LogP contribution in [-0.2, 0) is 24.3 Å². The highest BCUT2D eigenvalue weighted by Crippen LogP contribution is 2.28. The van der Waals surface area contributed by atoms with Gasteiger partial charge in [0.25, 0.3) is 0 Å². The lowest BCUT2D eigenvalue weighted by Crippen LogP contribution is -2.39. The molecule has 0 radical (unpaired) electrons. The Morgan fingerprint density at radius 3 is 2.59 bits per heavy atom. The third-order valence-corrected chi connectivity index (χ3v) is 6.11. The van der Waals surface area contributed by atoms with E-state index in [0.29, 0.717) is 12.3 Å². The fourth-order valence-electron chi connectivity index (χ4n) is 4.19. The summed E-state index contributed by atoms with van der Waals surface area (Å²) in [6.45, 7) is 8.73. The minimum Gasteiger partial charge on any atom is -0.342 e.